The van der Waals surface area contributed by atoms with Gasteiger partial charge >= 0.3 is 6.09 Å². The van der Waals surface area contributed by atoms with E-state index in [-0.39, 0.29) is 5.92 Å². The molecule has 3 aromatic rings. The minimum absolute atomic E-state index is 0.0619. The van der Waals surface area contributed by atoms with Crippen LogP contribution in [0.5, 0.6) is 0 Å². The Bertz CT molecular complexity index is 832. The summed E-state index contributed by atoms with van der Waals surface area (Å²) < 4.78 is 5.45. The van der Waals surface area contributed by atoms with Gasteiger partial charge in [0.15, 0.2) is 0 Å². The molecule has 1 amide bonds. The molecule has 0 fully saturated rings. The maximum absolute atomic E-state index is 12.0. The molecule has 0 aliphatic heterocycles. The number of fused-ring (bicyclic) bond motifs is 3. The first kappa shape index (κ1) is 14.5. The molecular formula is C20H16N2O2. The first-order valence-electron chi connectivity index (χ1n) is 7.86. The number of carbonyl (C=O) groups is 1. The van der Waals surface area contributed by atoms with Crippen molar-refractivity contribution < 1.29 is 9.53 Å². The van der Waals surface area contributed by atoms with E-state index in [1.165, 1.54) is 22.3 Å². The summed E-state index contributed by atoms with van der Waals surface area (Å²) in [5.41, 5.74) is 4.83. The quantitative estimate of drug-likeness (QED) is 0.777. The van der Waals surface area contributed by atoms with Gasteiger partial charge in [-0.1, -0.05) is 54.6 Å². The summed E-state index contributed by atoms with van der Waals surface area (Å²) in [6, 6.07) is 21.9. The van der Waals surface area contributed by atoms with E-state index in [9.17, 15) is 4.79 Å². The summed E-state index contributed by atoms with van der Waals surface area (Å²) in [4.78, 5) is 16.1. The molecule has 4 rings (SSSR count). The number of rotatable bonds is 3. The molecule has 0 bridgehead atoms. The van der Waals surface area contributed by atoms with E-state index in [0.717, 1.165) is 0 Å². The second-order valence-electron chi connectivity index (χ2n) is 5.67. The van der Waals surface area contributed by atoms with Crippen LogP contribution in [0.15, 0.2) is 72.9 Å². The number of ether oxygens (including phenoxy) is 1. The summed E-state index contributed by atoms with van der Waals surface area (Å²) in [6.07, 6.45) is 1.13. The van der Waals surface area contributed by atoms with E-state index in [1.54, 1.807) is 18.3 Å². The van der Waals surface area contributed by atoms with Crippen molar-refractivity contribution >= 4 is 11.9 Å². The Balaban J connectivity index is 1.52. The molecule has 24 heavy (non-hydrogen) atoms. The number of aromatic nitrogens is 1. The number of nitrogens with one attached hydrogen (secondary N) is 1. The van der Waals surface area contributed by atoms with Crippen molar-refractivity contribution in [3.8, 4) is 11.1 Å². The van der Waals surface area contributed by atoms with Gasteiger partial charge in [0.25, 0.3) is 0 Å². The number of amides is 1. The SMILES string of the molecule is O=C(Nc1ccccn1)OCC1c2ccccc2-c2ccccc21. The number of carbonyl (C=O) groups excluding carboxylic acids is 1. The van der Waals surface area contributed by atoms with Crippen molar-refractivity contribution in [1.82, 2.24) is 4.98 Å². The molecule has 0 spiro atoms. The first-order chi connectivity index (χ1) is 11.8. The molecule has 4 nitrogen and oxygen atoms in total. The summed E-state index contributed by atoms with van der Waals surface area (Å²) in [5, 5.41) is 2.64. The lowest BCUT2D eigenvalue weighted by Crippen LogP contribution is -2.18. The summed E-state index contributed by atoms with van der Waals surface area (Å²) >= 11 is 0. The lowest BCUT2D eigenvalue weighted by atomic mass is 9.98. The van der Waals surface area contributed by atoms with E-state index in [0.29, 0.717) is 12.4 Å². The molecular weight excluding hydrogens is 300 g/mol. The zero-order chi connectivity index (χ0) is 16.4. The number of hydrogen-bond donors (Lipinski definition) is 1. The lowest BCUT2D eigenvalue weighted by molar-refractivity contribution is 0.158. The minimum atomic E-state index is -0.490. The molecule has 1 N–H and O–H groups in total. The van der Waals surface area contributed by atoms with E-state index in [1.807, 2.05) is 30.3 Å². The average Bonchev–Trinajstić information content (AvgIpc) is 2.95. The van der Waals surface area contributed by atoms with Crippen molar-refractivity contribution in [3.05, 3.63) is 84.1 Å². The first-order valence-corrected chi connectivity index (χ1v) is 7.86. The monoisotopic (exact) mass is 316 g/mol. The lowest BCUT2D eigenvalue weighted by Gasteiger charge is -2.14. The summed E-state index contributed by atoms with van der Waals surface area (Å²) in [7, 11) is 0. The van der Waals surface area contributed by atoms with Crippen molar-refractivity contribution in [2.24, 2.45) is 0 Å². The van der Waals surface area contributed by atoms with E-state index in [4.69, 9.17) is 4.74 Å². The third kappa shape index (κ3) is 2.63. The van der Waals surface area contributed by atoms with Gasteiger partial charge in [-0.25, -0.2) is 9.78 Å². The second kappa shape index (κ2) is 6.16. The molecule has 1 aliphatic carbocycles. The van der Waals surface area contributed by atoms with Crippen LogP contribution in [-0.2, 0) is 4.74 Å². The van der Waals surface area contributed by atoms with Crippen LogP contribution >= 0.6 is 0 Å². The molecule has 4 heteroatoms. The summed E-state index contributed by atoms with van der Waals surface area (Å²) in [5.74, 6) is 0.543. The van der Waals surface area contributed by atoms with Crippen molar-refractivity contribution in [2.45, 2.75) is 5.92 Å². The molecule has 0 unspecified atom stereocenters. The van der Waals surface area contributed by atoms with Gasteiger partial charge in [-0.15, -0.1) is 0 Å². The molecule has 0 saturated heterocycles. The Kier molecular flexibility index (Phi) is 3.71. The van der Waals surface area contributed by atoms with Gasteiger partial charge in [-0.2, -0.15) is 0 Å². The Labute approximate surface area is 140 Å². The third-order valence-corrected chi connectivity index (χ3v) is 4.24. The van der Waals surface area contributed by atoms with E-state index >= 15 is 0 Å². The van der Waals surface area contributed by atoms with Crippen LogP contribution in [0.1, 0.15) is 17.0 Å². The average molecular weight is 316 g/mol. The van der Waals surface area contributed by atoms with Crippen molar-refractivity contribution in [3.63, 3.8) is 0 Å². The van der Waals surface area contributed by atoms with Gasteiger partial charge in [0.1, 0.15) is 12.4 Å². The molecule has 0 radical (unpaired) electrons. The van der Waals surface area contributed by atoms with Crippen LogP contribution in [0.4, 0.5) is 10.6 Å². The molecule has 118 valence electrons. The Morgan fingerprint density at radius 3 is 2.17 bits per heavy atom. The maximum atomic E-state index is 12.0. The van der Waals surface area contributed by atoms with Crippen LogP contribution in [0.2, 0.25) is 0 Å². The molecule has 0 atom stereocenters. The van der Waals surface area contributed by atoms with Gasteiger partial charge in [-0.05, 0) is 34.4 Å². The van der Waals surface area contributed by atoms with Crippen LogP contribution < -0.4 is 5.32 Å². The molecule has 2 aromatic carbocycles. The van der Waals surface area contributed by atoms with Gasteiger partial charge in [-0.3, -0.25) is 5.32 Å². The smallest absolute Gasteiger partial charge is 0.412 e. The van der Waals surface area contributed by atoms with Gasteiger partial charge in [0.05, 0.1) is 0 Å². The normalized spacial score (nSPS) is 12.3. The highest BCUT2D eigenvalue weighted by atomic mass is 16.5. The van der Waals surface area contributed by atoms with Crippen molar-refractivity contribution in [1.29, 1.82) is 0 Å². The van der Waals surface area contributed by atoms with E-state index < -0.39 is 6.09 Å². The molecule has 1 aliphatic rings. The van der Waals surface area contributed by atoms with Crippen LogP contribution in [-0.4, -0.2) is 17.7 Å². The fraction of sp³-hybridized carbons (Fsp3) is 0.100. The summed E-state index contributed by atoms with van der Waals surface area (Å²) in [6.45, 7) is 0.298. The van der Waals surface area contributed by atoms with Crippen LogP contribution in [0, 0.1) is 0 Å². The van der Waals surface area contributed by atoms with Gasteiger partial charge in [0.2, 0.25) is 0 Å². The predicted octanol–water partition coefficient (Wildman–Crippen LogP) is 4.44. The Morgan fingerprint density at radius 2 is 1.54 bits per heavy atom. The van der Waals surface area contributed by atoms with Gasteiger partial charge in [0, 0.05) is 12.1 Å². The van der Waals surface area contributed by atoms with Crippen LogP contribution in [0.25, 0.3) is 11.1 Å². The largest absolute Gasteiger partial charge is 0.448 e. The maximum Gasteiger partial charge on any atom is 0.412 e. The Hall–Kier alpha value is -3.14. The molecule has 0 saturated carbocycles. The number of hydrogen-bond acceptors (Lipinski definition) is 3. The molecule has 1 aromatic heterocycles. The highest BCUT2D eigenvalue weighted by Gasteiger charge is 2.28. The zero-order valence-corrected chi connectivity index (χ0v) is 13.0. The topological polar surface area (TPSA) is 51.2 Å². The van der Waals surface area contributed by atoms with Crippen LogP contribution in [0.3, 0.4) is 0 Å². The second-order valence-corrected chi connectivity index (χ2v) is 5.67. The third-order valence-electron chi connectivity index (χ3n) is 4.24. The highest BCUT2D eigenvalue weighted by molar-refractivity contribution is 5.83. The predicted molar refractivity (Wildman–Crippen MR) is 92.9 cm³/mol. The standard InChI is InChI=1S/C20H16N2O2/c23-20(22-19-11-5-6-12-21-19)24-13-18-16-9-3-1-7-14(16)15-8-2-4-10-17(15)18/h1-12,18H,13H2,(H,21,22,23). The van der Waals surface area contributed by atoms with Gasteiger partial charge < -0.3 is 4.74 Å². The Morgan fingerprint density at radius 1 is 0.917 bits per heavy atom. The number of anilines is 1. The zero-order valence-electron chi connectivity index (χ0n) is 13.0. The number of pyridine rings is 1. The van der Waals surface area contributed by atoms with E-state index in [2.05, 4.69) is 34.6 Å². The number of nitrogens with zero attached hydrogens (tertiary/aromatic N) is 1. The fourth-order valence-electron chi connectivity index (χ4n) is 3.18. The highest BCUT2D eigenvalue weighted by Crippen LogP contribution is 2.44. The fourth-order valence-corrected chi connectivity index (χ4v) is 3.18. The van der Waals surface area contributed by atoms with Crippen molar-refractivity contribution in [2.75, 3.05) is 11.9 Å². The number of benzene rings is 2. The molecule has 1 heterocycles. The minimum Gasteiger partial charge on any atom is -0.448 e.